The Morgan fingerprint density at radius 2 is 2.00 bits per heavy atom. The van der Waals surface area contributed by atoms with Gasteiger partial charge in [0.1, 0.15) is 0 Å². The normalized spacial score (nSPS) is 37.9. The summed E-state index contributed by atoms with van der Waals surface area (Å²) in [6, 6.07) is -0.358. The Balaban J connectivity index is 0.000001000. The Hall–Kier alpha value is 0.130. The van der Waals surface area contributed by atoms with Crippen LogP contribution in [0.3, 0.4) is 0 Å². The molecule has 0 aliphatic carbocycles. The van der Waals surface area contributed by atoms with Crippen molar-refractivity contribution in [3.63, 3.8) is 0 Å². The quantitative estimate of drug-likeness (QED) is 0.399. The van der Waals surface area contributed by atoms with Crippen molar-refractivity contribution in [3.05, 3.63) is 0 Å². The van der Waals surface area contributed by atoms with Gasteiger partial charge in [-0.25, -0.2) is 0 Å². The van der Waals surface area contributed by atoms with Crippen molar-refractivity contribution in [3.8, 4) is 0 Å². The van der Waals surface area contributed by atoms with E-state index >= 15 is 0 Å². The molecule has 0 amide bonds. The minimum absolute atomic E-state index is 0. The Bertz CT molecular complexity index is 114. The Labute approximate surface area is 71.6 Å². The number of aliphatic hydroxyl groups excluding tert-OH is 3. The van der Waals surface area contributed by atoms with Gasteiger partial charge >= 0.3 is 0 Å². The number of halogens is 1. The van der Waals surface area contributed by atoms with Gasteiger partial charge in [-0.3, -0.25) is 0 Å². The lowest BCUT2D eigenvalue weighted by atomic mass is 9.99. The number of piperidine rings is 1. The van der Waals surface area contributed by atoms with Crippen LogP contribution in [-0.2, 0) is 0 Å². The number of nitrogens with one attached hydrogen (secondary N) is 1. The van der Waals surface area contributed by atoms with Crippen LogP contribution in [0.4, 0.5) is 0 Å². The van der Waals surface area contributed by atoms with Crippen molar-refractivity contribution in [2.24, 2.45) is 0 Å². The maximum Gasteiger partial charge on any atom is 0.0974 e. The molecule has 0 unspecified atom stereocenters. The van der Waals surface area contributed by atoms with E-state index in [-0.39, 0.29) is 25.1 Å². The van der Waals surface area contributed by atoms with Gasteiger partial charge < -0.3 is 20.6 Å². The van der Waals surface area contributed by atoms with E-state index in [1.54, 1.807) is 0 Å². The molecule has 1 fully saturated rings. The van der Waals surface area contributed by atoms with Crippen molar-refractivity contribution in [2.75, 3.05) is 13.2 Å². The highest BCUT2D eigenvalue weighted by Crippen LogP contribution is 2.08. The van der Waals surface area contributed by atoms with E-state index in [2.05, 4.69) is 5.32 Å². The molecule has 0 aromatic heterocycles. The van der Waals surface area contributed by atoms with Crippen LogP contribution >= 0.6 is 12.4 Å². The predicted octanol–water partition coefficient (Wildman–Crippen LogP) is -1.52. The summed E-state index contributed by atoms with van der Waals surface area (Å²) < 4.78 is 0. The number of rotatable bonds is 1. The Morgan fingerprint density at radius 1 is 1.36 bits per heavy atom. The molecule has 5 heteroatoms. The summed E-state index contributed by atoms with van der Waals surface area (Å²) in [6.07, 6.45) is -0.949. The summed E-state index contributed by atoms with van der Waals surface area (Å²) in [5.74, 6) is 0. The summed E-state index contributed by atoms with van der Waals surface area (Å²) in [7, 11) is 0. The monoisotopic (exact) mass is 183 g/mol. The van der Waals surface area contributed by atoms with Gasteiger partial charge in [-0.05, 0) is 13.0 Å². The first-order chi connectivity index (χ1) is 4.75. The highest BCUT2D eigenvalue weighted by molar-refractivity contribution is 5.85. The smallest absolute Gasteiger partial charge is 0.0974 e. The van der Waals surface area contributed by atoms with E-state index in [9.17, 15) is 0 Å². The van der Waals surface area contributed by atoms with Crippen molar-refractivity contribution in [1.29, 1.82) is 0 Å². The minimum Gasteiger partial charge on any atom is -0.395 e. The van der Waals surface area contributed by atoms with Gasteiger partial charge in [-0.2, -0.15) is 0 Å². The molecule has 0 spiro atoms. The van der Waals surface area contributed by atoms with Gasteiger partial charge in [0.25, 0.3) is 0 Å². The van der Waals surface area contributed by atoms with Gasteiger partial charge in [0.15, 0.2) is 0 Å². The number of aliphatic hydroxyl groups is 3. The first-order valence-corrected chi connectivity index (χ1v) is 3.46. The van der Waals surface area contributed by atoms with E-state index in [0.29, 0.717) is 13.0 Å². The molecule has 1 aliphatic heterocycles. The first-order valence-electron chi connectivity index (χ1n) is 3.46. The fraction of sp³-hybridized carbons (Fsp3) is 1.00. The number of hydrogen-bond donors (Lipinski definition) is 4. The van der Waals surface area contributed by atoms with Crippen LogP contribution in [0.25, 0.3) is 0 Å². The molecule has 4 nitrogen and oxygen atoms in total. The van der Waals surface area contributed by atoms with Gasteiger partial charge in [0, 0.05) is 0 Å². The highest BCUT2D eigenvalue weighted by atomic mass is 35.5. The van der Waals surface area contributed by atoms with E-state index in [1.165, 1.54) is 0 Å². The molecule has 1 aliphatic rings. The lowest BCUT2D eigenvalue weighted by molar-refractivity contribution is -0.0382. The second-order valence-corrected chi connectivity index (χ2v) is 2.59. The van der Waals surface area contributed by atoms with Crippen molar-refractivity contribution >= 4 is 12.4 Å². The van der Waals surface area contributed by atoms with Crippen LogP contribution < -0.4 is 5.32 Å². The predicted molar refractivity (Wildman–Crippen MR) is 42.8 cm³/mol. The topological polar surface area (TPSA) is 72.7 Å². The molecule has 68 valence electrons. The van der Waals surface area contributed by atoms with Crippen LogP contribution in [0.5, 0.6) is 0 Å². The van der Waals surface area contributed by atoms with Crippen LogP contribution in [0, 0.1) is 0 Å². The van der Waals surface area contributed by atoms with E-state index < -0.39 is 12.2 Å². The Kier molecular flexibility index (Phi) is 4.96. The minimum atomic E-state index is -0.821. The van der Waals surface area contributed by atoms with E-state index in [4.69, 9.17) is 15.3 Å². The van der Waals surface area contributed by atoms with Crippen molar-refractivity contribution in [1.82, 2.24) is 5.32 Å². The van der Waals surface area contributed by atoms with Gasteiger partial charge in [0.2, 0.25) is 0 Å². The molecule has 0 aromatic rings. The largest absolute Gasteiger partial charge is 0.395 e. The third kappa shape index (κ3) is 2.57. The molecule has 1 heterocycles. The van der Waals surface area contributed by atoms with Crippen LogP contribution in [0.1, 0.15) is 6.42 Å². The number of hydrogen-bond acceptors (Lipinski definition) is 4. The summed E-state index contributed by atoms with van der Waals surface area (Å²) in [5.41, 5.74) is 0. The maximum absolute atomic E-state index is 9.16. The highest BCUT2D eigenvalue weighted by Gasteiger charge is 2.28. The van der Waals surface area contributed by atoms with Gasteiger partial charge in [-0.15, -0.1) is 12.4 Å². The lowest BCUT2D eigenvalue weighted by Crippen LogP contribution is -2.54. The molecule has 1 saturated heterocycles. The summed E-state index contributed by atoms with van der Waals surface area (Å²) in [4.78, 5) is 0. The zero-order valence-corrected chi connectivity index (χ0v) is 6.92. The zero-order valence-electron chi connectivity index (χ0n) is 6.10. The maximum atomic E-state index is 9.16. The molecule has 0 bridgehead atoms. The van der Waals surface area contributed by atoms with E-state index in [1.807, 2.05) is 0 Å². The second-order valence-electron chi connectivity index (χ2n) is 2.59. The first kappa shape index (κ1) is 11.1. The average molecular weight is 184 g/mol. The van der Waals surface area contributed by atoms with Crippen LogP contribution in [0.2, 0.25) is 0 Å². The summed E-state index contributed by atoms with van der Waals surface area (Å²) in [5, 5.41) is 29.8. The summed E-state index contributed by atoms with van der Waals surface area (Å²) >= 11 is 0. The molecule has 1 rings (SSSR count). The van der Waals surface area contributed by atoms with Crippen LogP contribution in [0.15, 0.2) is 0 Å². The summed E-state index contributed by atoms with van der Waals surface area (Å²) in [6.45, 7) is 0.529. The molecule has 0 radical (unpaired) electrons. The molecule has 4 N–H and O–H groups in total. The lowest BCUT2D eigenvalue weighted by Gasteiger charge is -2.31. The molecule has 0 aromatic carbocycles. The SMILES string of the molecule is Cl.OC[C@@H]1NCC[C@H](O)[C@H]1O. The average Bonchev–Trinajstić information content (AvgIpc) is 1.95. The zero-order chi connectivity index (χ0) is 7.56. The third-order valence-corrected chi connectivity index (χ3v) is 1.85. The molecular formula is C6H14ClNO3. The molecule has 0 saturated carbocycles. The van der Waals surface area contributed by atoms with Gasteiger partial charge in [-0.1, -0.05) is 0 Å². The standard InChI is InChI=1S/C6H13NO3.ClH/c8-3-4-6(10)5(9)1-2-7-4;/h4-10H,1-3H2;1H/t4-,5-,6-;/m0./s1. The third-order valence-electron chi connectivity index (χ3n) is 1.85. The fourth-order valence-electron chi connectivity index (χ4n) is 1.15. The van der Waals surface area contributed by atoms with E-state index in [0.717, 1.165) is 0 Å². The van der Waals surface area contributed by atoms with Crippen molar-refractivity contribution in [2.45, 2.75) is 24.7 Å². The Morgan fingerprint density at radius 3 is 2.45 bits per heavy atom. The molecule has 3 atom stereocenters. The molecular weight excluding hydrogens is 170 g/mol. The van der Waals surface area contributed by atoms with Gasteiger partial charge in [0.05, 0.1) is 24.9 Å². The molecule has 11 heavy (non-hydrogen) atoms. The second kappa shape index (κ2) is 4.90. The van der Waals surface area contributed by atoms with Crippen molar-refractivity contribution < 1.29 is 15.3 Å². The fourth-order valence-corrected chi connectivity index (χ4v) is 1.15. The van der Waals surface area contributed by atoms with Crippen LogP contribution in [-0.4, -0.2) is 46.7 Å².